The van der Waals surface area contributed by atoms with E-state index < -0.39 is 0 Å². The van der Waals surface area contributed by atoms with Gasteiger partial charge in [0.25, 0.3) is 0 Å². The molecule has 0 aromatic heterocycles. The molecule has 0 fully saturated rings. The van der Waals surface area contributed by atoms with Crippen molar-refractivity contribution in [2.45, 2.75) is 5.92 Å². The number of hydrogen-bond acceptors (Lipinski definition) is 3. The molecule has 2 N–H and O–H groups in total. The maximum atomic E-state index is 5.70. The van der Waals surface area contributed by atoms with Gasteiger partial charge in [-0.2, -0.15) is 0 Å². The Balaban J connectivity index is 2.52. The van der Waals surface area contributed by atoms with Crippen molar-refractivity contribution in [3.05, 3.63) is 29.3 Å². The fraction of sp³-hybridized carbons (Fsp3) is 0.333. The van der Waals surface area contributed by atoms with E-state index in [1.807, 2.05) is 12.1 Å². The van der Waals surface area contributed by atoms with Crippen LogP contribution in [0, 0.1) is 0 Å². The van der Waals surface area contributed by atoms with E-state index in [2.05, 4.69) is 12.2 Å². The van der Waals surface area contributed by atoms with Crippen LogP contribution in [-0.4, -0.2) is 20.8 Å². The van der Waals surface area contributed by atoms with Crippen molar-refractivity contribution in [2.24, 2.45) is 5.73 Å². The molecular weight excluding hydrogens is 190 g/mol. The Bertz CT molecular complexity index is 399. The van der Waals surface area contributed by atoms with Gasteiger partial charge in [-0.05, 0) is 11.6 Å². The first-order chi connectivity index (χ1) is 7.30. The molecule has 15 heavy (non-hydrogen) atoms. The molecule has 80 valence electrons. The van der Waals surface area contributed by atoms with Gasteiger partial charge in [0.05, 0.1) is 14.2 Å². The third-order valence-corrected chi connectivity index (χ3v) is 2.74. The van der Waals surface area contributed by atoms with Crippen LogP contribution < -0.4 is 15.2 Å². The van der Waals surface area contributed by atoms with E-state index in [4.69, 9.17) is 15.2 Å². The van der Waals surface area contributed by atoms with E-state index in [9.17, 15) is 0 Å². The van der Waals surface area contributed by atoms with Crippen molar-refractivity contribution < 1.29 is 9.47 Å². The average molecular weight is 205 g/mol. The fourth-order valence-electron chi connectivity index (χ4n) is 1.96. The summed E-state index contributed by atoms with van der Waals surface area (Å²) in [5.74, 6) is 1.93. The molecule has 1 aromatic rings. The zero-order valence-electron chi connectivity index (χ0n) is 8.99. The minimum atomic E-state index is 0.265. The first kappa shape index (κ1) is 10.1. The summed E-state index contributed by atoms with van der Waals surface area (Å²) in [6.07, 6.45) is 4.17. The quantitative estimate of drug-likeness (QED) is 0.818. The minimum absolute atomic E-state index is 0.265. The number of rotatable bonds is 3. The summed E-state index contributed by atoms with van der Waals surface area (Å²) in [5.41, 5.74) is 8.01. The summed E-state index contributed by atoms with van der Waals surface area (Å²) in [5, 5.41) is 0. The molecule has 1 aliphatic rings. The number of nitrogens with two attached hydrogens (primary N) is 1. The Morgan fingerprint density at radius 2 is 2.07 bits per heavy atom. The van der Waals surface area contributed by atoms with E-state index in [1.165, 1.54) is 5.56 Å². The van der Waals surface area contributed by atoms with Crippen molar-refractivity contribution >= 4 is 6.08 Å². The second-order valence-corrected chi connectivity index (χ2v) is 3.53. The molecule has 3 nitrogen and oxygen atoms in total. The zero-order valence-corrected chi connectivity index (χ0v) is 8.99. The van der Waals surface area contributed by atoms with Crippen LogP contribution in [0.1, 0.15) is 17.0 Å². The lowest BCUT2D eigenvalue weighted by Gasteiger charge is -2.14. The van der Waals surface area contributed by atoms with Crippen LogP contribution in [0.4, 0.5) is 0 Å². The summed E-state index contributed by atoms with van der Waals surface area (Å²) in [4.78, 5) is 0. The second-order valence-electron chi connectivity index (χ2n) is 3.53. The molecular formula is C12H15NO2. The van der Waals surface area contributed by atoms with Crippen LogP contribution in [-0.2, 0) is 0 Å². The number of fused-ring (bicyclic) bond motifs is 1. The van der Waals surface area contributed by atoms with E-state index in [0.717, 1.165) is 17.1 Å². The molecule has 0 heterocycles. The monoisotopic (exact) mass is 205 g/mol. The number of ether oxygens (including phenoxy) is 2. The molecule has 1 atom stereocenters. The summed E-state index contributed by atoms with van der Waals surface area (Å²) >= 11 is 0. The van der Waals surface area contributed by atoms with Gasteiger partial charge in [0.2, 0.25) is 0 Å². The van der Waals surface area contributed by atoms with E-state index in [1.54, 1.807) is 14.2 Å². The number of methoxy groups -OCH3 is 2. The van der Waals surface area contributed by atoms with Crippen molar-refractivity contribution in [3.8, 4) is 11.5 Å². The first-order valence-corrected chi connectivity index (χ1v) is 4.94. The fourth-order valence-corrected chi connectivity index (χ4v) is 1.96. The van der Waals surface area contributed by atoms with Gasteiger partial charge in [0.1, 0.15) is 11.5 Å². The Morgan fingerprint density at radius 1 is 1.27 bits per heavy atom. The van der Waals surface area contributed by atoms with Gasteiger partial charge in [-0.25, -0.2) is 0 Å². The van der Waals surface area contributed by atoms with E-state index in [-0.39, 0.29) is 5.92 Å². The Labute approximate surface area is 89.5 Å². The van der Waals surface area contributed by atoms with Gasteiger partial charge in [-0.3, -0.25) is 0 Å². The van der Waals surface area contributed by atoms with Gasteiger partial charge in [0.15, 0.2) is 0 Å². The molecule has 1 aliphatic carbocycles. The summed E-state index contributed by atoms with van der Waals surface area (Å²) in [6.45, 7) is 0.603. The highest BCUT2D eigenvalue weighted by Crippen LogP contribution is 2.39. The van der Waals surface area contributed by atoms with Crippen molar-refractivity contribution in [1.82, 2.24) is 0 Å². The predicted octanol–water partition coefficient (Wildman–Crippen LogP) is 1.77. The third kappa shape index (κ3) is 1.59. The first-order valence-electron chi connectivity index (χ1n) is 4.94. The maximum absolute atomic E-state index is 5.70. The Kier molecular flexibility index (Phi) is 2.64. The Hall–Kier alpha value is -1.48. The SMILES string of the molecule is COc1cc2c(c(OC)c1)C(CN)C=C2. The van der Waals surface area contributed by atoms with Gasteiger partial charge < -0.3 is 15.2 Å². The number of benzene rings is 1. The molecule has 2 rings (SSSR count). The third-order valence-electron chi connectivity index (χ3n) is 2.74. The smallest absolute Gasteiger partial charge is 0.126 e. The largest absolute Gasteiger partial charge is 0.497 e. The van der Waals surface area contributed by atoms with Gasteiger partial charge in [-0.15, -0.1) is 0 Å². The molecule has 0 saturated heterocycles. The zero-order chi connectivity index (χ0) is 10.8. The van der Waals surface area contributed by atoms with E-state index >= 15 is 0 Å². The second kappa shape index (κ2) is 3.95. The van der Waals surface area contributed by atoms with Crippen molar-refractivity contribution in [1.29, 1.82) is 0 Å². The molecule has 3 heteroatoms. The van der Waals surface area contributed by atoms with Crippen LogP contribution in [0.15, 0.2) is 18.2 Å². The average Bonchev–Trinajstić information content (AvgIpc) is 2.70. The Morgan fingerprint density at radius 3 is 2.67 bits per heavy atom. The van der Waals surface area contributed by atoms with Crippen molar-refractivity contribution in [2.75, 3.05) is 20.8 Å². The van der Waals surface area contributed by atoms with Gasteiger partial charge >= 0.3 is 0 Å². The molecule has 0 saturated carbocycles. The van der Waals surface area contributed by atoms with Gasteiger partial charge in [-0.1, -0.05) is 12.2 Å². The molecule has 0 bridgehead atoms. The predicted molar refractivity (Wildman–Crippen MR) is 60.4 cm³/mol. The van der Waals surface area contributed by atoms with Crippen LogP contribution in [0.2, 0.25) is 0 Å². The lowest BCUT2D eigenvalue weighted by molar-refractivity contribution is 0.390. The van der Waals surface area contributed by atoms with Crippen LogP contribution in [0.3, 0.4) is 0 Å². The highest BCUT2D eigenvalue weighted by Gasteiger charge is 2.21. The highest BCUT2D eigenvalue weighted by atomic mass is 16.5. The summed E-state index contributed by atoms with van der Waals surface area (Å²) in [6, 6.07) is 3.90. The molecule has 0 aliphatic heterocycles. The maximum Gasteiger partial charge on any atom is 0.126 e. The normalized spacial score (nSPS) is 17.7. The molecule has 0 spiro atoms. The summed E-state index contributed by atoms with van der Waals surface area (Å²) in [7, 11) is 3.32. The van der Waals surface area contributed by atoms with Gasteiger partial charge in [0, 0.05) is 24.1 Å². The van der Waals surface area contributed by atoms with Crippen LogP contribution in [0.25, 0.3) is 6.08 Å². The van der Waals surface area contributed by atoms with E-state index in [0.29, 0.717) is 6.54 Å². The van der Waals surface area contributed by atoms with Crippen LogP contribution >= 0.6 is 0 Å². The highest BCUT2D eigenvalue weighted by molar-refractivity contribution is 5.68. The minimum Gasteiger partial charge on any atom is -0.497 e. The summed E-state index contributed by atoms with van der Waals surface area (Å²) < 4.78 is 10.6. The van der Waals surface area contributed by atoms with Crippen LogP contribution in [0.5, 0.6) is 11.5 Å². The number of hydrogen-bond donors (Lipinski definition) is 1. The lowest BCUT2D eigenvalue weighted by Crippen LogP contribution is -2.10. The topological polar surface area (TPSA) is 44.5 Å². The molecule has 1 aromatic carbocycles. The lowest BCUT2D eigenvalue weighted by atomic mass is 9.99. The molecule has 0 amide bonds. The molecule has 0 radical (unpaired) electrons. The molecule has 1 unspecified atom stereocenters. The standard InChI is InChI=1S/C12H15NO2/c1-14-10-5-8-3-4-9(7-13)12(8)11(6-10)15-2/h3-6,9H,7,13H2,1-2H3. The van der Waals surface area contributed by atoms with Crippen molar-refractivity contribution in [3.63, 3.8) is 0 Å².